The molecule has 0 spiro atoms. The van der Waals surface area contributed by atoms with Gasteiger partial charge in [-0.25, -0.2) is 4.79 Å². The number of hydrogen-bond acceptors (Lipinski definition) is 6. The van der Waals surface area contributed by atoms with Gasteiger partial charge in [-0.15, -0.1) is 0 Å². The summed E-state index contributed by atoms with van der Waals surface area (Å²) < 4.78 is 18.0. The zero-order chi connectivity index (χ0) is 29.6. The predicted octanol–water partition coefficient (Wildman–Crippen LogP) is 4.75. The zero-order valence-corrected chi connectivity index (χ0v) is 25.5. The van der Waals surface area contributed by atoms with Crippen LogP contribution >= 0.6 is 0 Å². The molecule has 3 aliphatic heterocycles. The second-order valence-corrected chi connectivity index (χ2v) is 13.6. The van der Waals surface area contributed by atoms with Crippen LogP contribution in [0.1, 0.15) is 83.9 Å². The monoisotopic (exact) mass is 561 g/mol. The lowest BCUT2D eigenvalue weighted by molar-refractivity contribution is -0.132. The van der Waals surface area contributed by atoms with E-state index >= 15 is 0 Å². The number of likely N-dealkylation sites (tertiary alicyclic amines) is 1. The standard InChI is InChI=1S/C32H44BN3O5/c1-30(2,3)39-29(38)34-20-21-10-8-11-23(18-21)22-14-16-36(17-15-22)28(37)27-19-24-25(12-9-13-26(24)35-27)33-40-31(4,5)32(6,7)41-33/h8-13,18,22,27,35H,14-17,19-20H2,1-7H3,(H,34,38). The van der Waals surface area contributed by atoms with Crippen LogP contribution in [0.15, 0.2) is 42.5 Å². The van der Waals surface area contributed by atoms with Gasteiger partial charge in [-0.2, -0.15) is 0 Å². The Hall–Kier alpha value is -3.04. The van der Waals surface area contributed by atoms with Gasteiger partial charge < -0.3 is 29.6 Å². The number of carbonyl (C=O) groups excluding carboxylic acids is 2. The molecule has 2 N–H and O–H groups in total. The maximum Gasteiger partial charge on any atom is 0.495 e. The van der Waals surface area contributed by atoms with Crippen molar-refractivity contribution >= 4 is 30.3 Å². The number of nitrogens with zero attached hydrogens (tertiary/aromatic N) is 1. The molecule has 1 unspecified atom stereocenters. The molecule has 2 aromatic carbocycles. The third-order valence-corrected chi connectivity index (χ3v) is 8.82. The molecule has 0 saturated carbocycles. The van der Waals surface area contributed by atoms with Crippen LogP contribution in [0.4, 0.5) is 10.5 Å². The van der Waals surface area contributed by atoms with Gasteiger partial charge in [0.15, 0.2) is 0 Å². The molecule has 0 aromatic heterocycles. The highest BCUT2D eigenvalue weighted by atomic mass is 16.7. The quantitative estimate of drug-likeness (QED) is 0.513. The molecule has 5 rings (SSSR count). The summed E-state index contributed by atoms with van der Waals surface area (Å²) in [5, 5.41) is 6.32. The highest BCUT2D eigenvalue weighted by Crippen LogP contribution is 2.38. The number of hydrogen-bond donors (Lipinski definition) is 2. The molecule has 0 aliphatic carbocycles. The second kappa shape index (κ2) is 11.0. The molecule has 3 heterocycles. The third kappa shape index (κ3) is 6.41. The van der Waals surface area contributed by atoms with Gasteiger partial charge in [0.05, 0.1) is 11.2 Å². The molecule has 2 aromatic rings. The summed E-state index contributed by atoms with van der Waals surface area (Å²) in [6.07, 6.45) is 2.03. The SMILES string of the molecule is CC(C)(C)OC(=O)NCc1cccc(C2CCN(C(=O)C3Cc4c(cccc4B4OC(C)(C)C(C)(C)O4)N3)CC2)c1. The maximum absolute atomic E-state index is 13.6. The number of benzene rings is 2. The number of piperidine rings is 1. The Morgan fingerprint density at radius 2 is 1.71 bits per heavy atom. The smallest absolute Gasteiger partial charge is 0.444 e. The van der Waals surface area contributed by atoms with Crippen molar-refractivity contribution < 1.29 is 23.6 Å². The van der Waals surface area contributed by atoms with Gasteiger partial charge in [-0.3, -0.25) is 4.79 Å². The summed E-state index contributed by atoms with van der Waals surface area (Å²) in [4.78, 5) is 27.7. The molecule has 9 heteroatoms. The van der Waals surface area contributed by atoms with E-state index in [1.54, 1.807) is 0 Å². The minimum absolute atomic E-state index is 0.148. The van der Waals surface area contributed by atoms with E-state index in [0.29, 0.717) is 18.9 Å². The van der Waals surface area contributed by atoms with Crippen LogP contribution in [-0.4, -0.2) is 60.0 Å². The average Bonchev–Trinajstić information content (AvgIpc) is 3.43. The molecule has 2 amide bonds. The summed E-state index contributed by atoms with van der Waals surface area (Å²) >= 11 is 0. The van der Waals surface area contributed by atoms with Crippen molar-refractivity contribution in [2.24, 2.45) is 0 Å². The van der Waals surface area contributed by atoms with Crippen LogP contribution in [0.25, 0.3) is 0 Å². The molecule has 0 bridgehead atoms. The minimum atomic E-state index is -0.524. The summed E-state index contributed by atoms with van der Waals surface area (Å²) in [6.45, 7) is 15.7. The van der Waals surface area contributed by atoms with Crippen LogP contribution in [0.3, 0.4) is 0 Å². The van der Waals surface area contributed by atoms with E-state index in [2.05, 4.69) is 56.5 Å². The number of carbonyl (C=O) groups is 2. The Kier molecular flexibility index (Phi) is 7.89. The van der Waals surface area contributed by atoms with E-state index in [1.807, 2.05) is 49.9 Å². The van der Waals surface area contributed by atoms with Crippen LogP contribution < -0.4 is 16.1 Å². The molecule has 8 nitrogen and oxygen atoms in total. The van der Waals surface area contributed by atoms with E-state index in [1.165, 1.54) is 5.56 Å². The lowest BCUT2D eigenvalue weighted by atomic mass is 9.75. The Balaban J connectivity index is 1.16. The van der Waals surface area contributed by atoms with Crippen LogP contribution in [-0.2, 0) is 31.8 Å². The van der Waals surface area contributed by atoms with Crippen molar-refractivity contribution in [3.63, 3.8) is 0 Å². The summed E-state index contributed by atoms with van der Waals surface area (Å²) in [5.74, 6) is 0.527. The van der Waals surface area contributed by atoms with Crippen LogP contribution in [0, 0.1) is 0 Å². The zero-order valence-electron chi connectivity index (χ0n) is 25.5. The van der Waals surface area contributed by atoms with E-state index in [4.69, 9.17) is 14.0 Å². The maximum atomic E-state index is 13.6. The first-order valence-electron chi connectivity index (χ1n) is 14.8. The number of nitrogens with one attached hydrogen (secondary N) is 2. The largest absolute Gasteiger partial charge is 0.495 e. The molecule has 1 atom stereocenters. The van der Waals surface area contributed by atoms with Gasteiger partial charge >= 0.3 is 13.2 Å². The van der Waals surface area contributed by atoms with Crippen LogP contribution in [0.5, 0.6) is 0 Å². The molecule has 0 radical (unpaired) electrons. The van der Waals surface area contributed by atoms with E-state index in [0.717, 1.165) is 48.2 Å². The topological polar surface area (TPSA) is 89.1 Å². The predicted molar refractivity (Wildman–Crippen MR) is 161 cm³/mol. The van der Waals surface area contributed by atoms with Gasteiger partial charge in [-0.1, -0.05) is 36.4 Å². The van der Waals surface area contributed by atoms with Gasteiger partial charge in [0.2, 0.25) is 5.91 Å². The summed E-state index contributed by atoms with van der Waals surface area (Å²) in [6, 6.07) is 14.2. The van der Waals surface area contributed by atoms with Gasteiger partial charge in [0.25, 0.3) is 0 Å². The van der Waals surface area contributed by atoms with Crippen molar-refractivity contribution in [3.05, 3.63) is 59.2 Å². The molecule has 3 aliphatic rings. The summed E-state index contributed by atoms with van der Waals surface area (Å²) in [7, 11) is -0.448. The lowest BCUT2D eigenvalue weighted by Gasteiger charge is -2.34. The summed E-state index contributed by atoms with van der Waals surface area (Å²) in [5.41, 5.74) is 4.03. The van der Waals surface area contributed by atoms with Crippen molar-refractivity contribution in [2.75, 3.05) is 18.4 Å². The highest BCUT2D eigenvalue weighted by molar-refractivity contribution is 6.63. The Morgan fingerprint density at radius 1 is 1.05 bits per heavy atom. The first-order chi connectivity index (χ1) is 19.2. The fourth-order valence-electron chi connectivity index (χ4n) is 5.85. The second-order valence-electron chi connectivity index (χ2n) is 13.6. The van der Waals surface area contributed by atoms with Crippen molar-refractivity contribution in [2.45, 2.75) is 103 Å². The average molecular weight is 562 g/mol. The van der Waals surface area contributed by atoms with Crippen LogP contribution in [0.2, 0.25) is 0 Å². The molecule has 220 valence electrons. The van der Waals surface area contributed by atoms with E-state index < -0.39 is 30.0 Å². The number of rotatable bonds is 5. The molecule has 2 fully saturated rings. The van der Waals surface area contributed by atoms with E-state index in [-0.39, 0.29) is 11.9 Å². The number of amides is 2. The molecule has 2 saturated heterocycles. The third-order valence-electron chi connectivity index (χ3n) is 8.82. The Labute approximate surface area is 244 Å². The molecular weight excluding hydrogens is 517 g/mol. The van der Waals surface area contributed by atoms with Crippen molar-refractivity contribution in [3.8, 4) is 0 Å². The highest BCUT2D eigenvalue weighted by Gasteiger charge is 2.52. The number of anilines is 1. The normalized spacial score (nSPS) is 21.8. The Bertz CT molecular complexity index is 1280. The van der Waals surface area contributed by atoms with Gasteiger partial charge in [0, 0.05) is 31.7 Å². The van der Waals surface area contributed by atoms with Crippen molar-refractivity contribution in [1.82, 2.24) is 10.2 Å². The van der Waals surface area contributed by atoms with Crippen molar-refractivity contribution in [1.29, 1.82) is 0 Å². The Morgan fingerprint density at radius 3 is 2.37 bits per heavy atom. The van der Waals surface area contributed by atoms with E-state index in [9.17, 15) is 9.59 Å². The number of ether oxygens (including phenoxy) is 1. The first-order valence-corrected chi connectivity index (χ1v) is 14.8. The first kappa shape index (κ1) is 29.5. The lowest BCUT2D eigenvalue weighted by Crippen LogP contribution is -2.46. The number of alkyl carbamates (subject to hydrolysis) is 1. The van der Waals surface area contributed by atoms with Gasteiger partial charge in [0.1, 0.15) is 11.6 Å². The minimum Gasteiger partial charge on any atom is -0.444 e. The molecular formula is C32H44BN3O5. The molecule has 41 heavy (non-hydrogen) atoms. The number of fused-ring (bicyclic) bond motifs is 1. The fourth-order valence-corrected chi connectivity index (χ4v) is 5.85. The van der Waals surface area contributed by atoms with Gasteiger partial charge in [-0.05, 0) is 95.4 Å². The fraction of sp³-hybridized carbons (Fsp3) is 0.562.